The predicted octanol–water partition coefficient (Wildman–Crippen LogP) is 3.97. The fourth-order valence-corrected chi connectivity index (χ4v) is 2.90. The van der Waals surface area contributed by atoms with E-state index >= 15 is 0 Å². The molecule has 0 fully saturated rings. The number of nitrogens with two attached hydrogens (primary N) is 1. The van der Waals surface area contributed by atoms with Crippen LogP contribution >= 0.6 is 0 Å². The van der Waals surface area contributed by atoms with Crippen molar-refractivity contribution in [3.8, 4) is 28.5 Å². The van der Waals surface area contributed by atoms with Gasteiger partial charge in [0, 0.05) is 24.0 Å². The Morgan fingerprint density at radius 1 is 0.926 bits per heavy atom. The first-order valence-electron chi connectivity index (χ1n) is 8.50. The van der Waals surface area contributed by atoms with E-state index in [9.17, 15) is 0 Å². The van der Waals surface area contributed by atoms with Gasteiger partial charge < -0.3 is 25.3 Å². The number of nitrogens with one attached hydrogen (secondary N) is 1. The topological polar surface area (TPSA) is 78.6 Å². The van der Waals surface area contributed by atoms with Crippen LogP contribution in [0.1, 0.15) is 5.56 Å². The number of methoxy groups -OCH3 is 3. The minimum atomic E-state index is 0.550. The lowest BCUT2D eigenvalue weighted by Crippen LogP contribution is -2.03. The third-order valence-corrected chi connectivity index (χ3v) is 4.18. The van der Waals surface area contributed by atoms with Crippen molar-refractivity contribution in [1.29, 1.82) is 0 Å². The lowest BCUT2D eigenvalue weighted by Gasteiger charge is -2.16. The number of hydrogen-bond donors (Lipinski definition) is 2. The van der Waals surface area contributed by atoms with Gasteiger partial charge in [0.1, 0.15) is 0 Å². The molecule has 0 unspecified atom stereocenters. The monoisotopic (exact) mass is 365 g/mol. The van der Waals surface area contributed by atoms with Crippen molar-refractivity contribution < 1.29 is 14.2 Å². The van der Waals surface area contributed by atoms with E-state index in [4.69, 9.17) is 19.9 Å². The fraction of sp³-hybridized carbons (Fsp3) is 0.190. The molecule has 0 aliphatic rings. The van der Waals surface area contributed by atoms with Crippen LogP contribution in [0, 0.1) is 0 Å². The molecule has 3 rings (SSSR count). The first-order chi connectivity index (χ1) is 13.2. The summed E-state index contributed by atoms with van der Waals surface area (Å²) >= 11 is 0. The molecule has 1 aromatic heterocycles. The molecule has 0 bridgehead atoms. The average Bonchev–Trinajstić information content (AvgIpc) is 2.71. The normalized spacial score (nSPS) is 10.3. The number of nitrogen functional groups attached to an aromatic ring is 1. The van der Waals surface area contributed by atoms with Crippen molar-refractivity contribution in [3.63, 3.8) is 0 Å². The van der Waals surface area contributed by atoms with E-state index in [-0.39, 0.29) is 0 Å². The van der Waals surface area contributed by atoms with Crippen LogP contribution in [0.4, 0.5) is 11.4 Å². The summed E-state index contributed by atoms with van der Waals surface area (Å²) in [6, 6.07) is 15.4. The Balaban J connectivity index is 1.96. The van der Waals surface area contributed by atoms with Crippen molar-refractivity contribution in [2.24, 2.45) is 0 Å². The van der Waals surface area contributed by atoms with Gasteiger partial charge >= 0.3 is 0 Å². The Morgan fingerprint density at radius 3 is 2.30 bits per heavy atom. The van der Waals surface area contributed by atoms with Crippen LogP contribution in [0.15, 0.2) is 54.7 Å². The quantitative estimate of drug-likeness (QED) is 0.617. The Kier molecular flexibility index (Phi) is 5.66. The van der Waals surface area contributed by atoms with E-state index < -0.39 is 0 Å². The highest BCUT2D eigenvalue weighted by Gasteiger charge is 2.16. The van der Waals surface area contributed by atoms with E-state index in [0.717, 1.165) is 28.2 Å². The molecular formula is C21H23N3O3. The molecule has 3 aromatic rings. The third kappa shape index (κ3) is 4.06. The summed E-state index contributed by atoms with van der Waals surface area (Å²) in [5.74, 6) is 1.72. The average molecular weight is 365 g/mol. The van der Waals surface area contributed by atoms with Crippen LogP contribution in [0.3, 0.4) is 0 Å². The number of pyridine rings is 1. The van der Waals surface area contributed by atoms with Crippen molar-refractivity contribution in [2.75, 3.05) is 32.4 Å². The van der Waals surface area contributed by atoms with Crippen LogP contribution in [-0.2, 0) is 6.54 Å². The van der Waals surface area contributed by atoms with Crippen LogP contribution in [-0.4, -0.2) is 26.3 Å². The Hall–Kier alpha value is -3.41. The number of aromatic nitrogens is 1. The maximum Gasteiger partial charge on any atom is 0.203 e. The van der Waals surface area contributed by atoms with E-state index in [0.29, 0.717) is 23.8 Å². The molecule has 27 heavy (non-hydrogen) atoms. The van der Waals surface area contributed by atoms with Gasteiger partial charge in [-0.3, -0.25) is 4.98 Å². The van der Waals surface area contributed by atoms with Crippen LogP contribution < -0.4 is 25.3 Å². The zero-order chi connectivity index (χ0) is 19.2. The van der Waals surface area contributed by atoms with Gasteiger partial charge in [0.15, 0.2) is 11.5 Å². The maximum absolute atomic E-state index is 5.86. The van der Waals surface area contributed by atoms with Crippen LogP contribution in [0.2, 0.25) is 0 Å². The van der Waals surface area contributed by atoms with Gasteiger partial charge in [-0.05, 0) is 42.0 Å². The summed E-state index contributed by atoms with van der Waals surface area (Å²) in [4.78, 5) is 4.55. The third-order valence-electron chi connectivity index (χ3n) is 4.18. The lowest BCUT2D eigenvalue weighted by atomic mass is 10.1. The summed E-state index contributed by atoms with van der Waals surface area (Å²) < 4.78 is 16.3. The number of hydrogen-bond acceptors (Lipinski definition) is 6. The second kappa shape index (κ2) is 8.31. The zero-order valence-electron chi connectivity index (χ0n) is 15.7. The van der Waals surface area contributed by atoms with E-state index in [1.165, 1.54) is 0 Å². The van der Waals surface area contributed by atoms with Crippen LogP contribution in [0.25, 0.3) is 11.3 Å². The minimum absolute atomic E-state index is 0.550. The first kappa shape index (κ1) is 18.4. The van der Waals surface area contributed by atoms with Gasteiger partial charge in [-0.25, -0.2) is 0 Å². The molecule has 6 nitrogen and oxygen atoms in total. The van der Waals surface area contributed by atoms with Gasteiger partial charge in [-0.15, -0.1) is 0 Å². The van der Waals surface area contributed by atoms with Gasteiger partial charge in [0.2, 0.25) is 5.75 Å². The van der Waals surface area contributed by atoms with Crippen LogP contribution in [0.5, 0.6) is 17.2 Å². The molecular weight excluding hydrogens is 342 g/mol. The van der Waals surface area contributed by atoms with E-state index in [2.05, 4.69) is 10.3 Å². The highest BCUT2D eigenvalue weighted by Crippen LogP contribution is 2.42. The number of ether oxygens (including phenoxy) is 3. The highest BCUT2D eigenvalue weighted by molar-refractivity contribution is 5.77. The molecule has 0 amide bonds. The van der Waals surface area contributed by atoms with Crippen molar-refractivity contribution in [2.45, 2.75) is 6.54 Å². The summed E-state index contributed by atoms with van der Waals surface area (Å²) in [5.41, 5.74) is 10.2. The Bertz CT molecular complexity index is 903. The molecule has 0 aliphatic carbocycles. The maximum atomic E-state index is 5.86. The second-order valence-corrected chi connectivity index (χ2v) is 5.91. The molecule has 140 valence electrons. The molecule has 0 saturated heterocycles. The van der Waals surface area contributed by atoms with Gasteiger partial charge in [-0.1, -0.05) is 12.1 Å². The molecule has 1 heterocycles. The largest absolute Gasteiger partial charge is 0.493 e. The summed E-state index contributed by atoms with van der Waals surface area (Å²) in [7, 11) is 4.77. The van der Waals surface area contributed by atoms with Crippen molar-refractivity contribution in [3.05, 3.63) is 60.3 Å². The molecule has 0 saturated carbocycles. The minimum Gasteiger partial charge on any atom is -0.493 e. The molecule has 6 heteroatoms. The van der Waals surface area contributed by atoms with Gasteiger partial charge in [0.25, 0.3) is 0 Å². The first-order valence-corrected chi connectivity index (χ1v) is 8.50. The molecule has 0 atom stereocenters. The standard InChI is InChI=1S/C21H23N3O3/c1-25-18-11-15(12-19(26-2)21(18)27-3)20-17(8-5-9-23-20)24-13-14-6-4-7-16(22)10-14/h4-12,24H,13,22H2,1-3H3. The number of benzene rings is 2. The molecule has 0 aliphatic heterocycles. The van der Waals surface area contributed by atoms with E-state index in [1.807, 2.05) is 48.5 Å². The number of nitrogens with zero attached hydrogens (tertiary/aromatic N) is 1. The Labute approximate surface area is 158 Å². The summed E-state index contributed by atoms with van der Waals surface area (Å²) in [6.45, 7) is 0.633. The van der Waals surface area contributed by atoms with Gasteiger partial charge in [0.05, 0.1) is 32.7 Å². The summed E-state index contributed by atoms with van der Waals surface area (Å²) in [5, 5.41) is 3.43. The zero-order valence-corrected chi connectivity index (χ0v) is 15.7. The summed E-state index contributed by atoms with van der Waals surface area (Å²) in [6.07, 6.45) is 1.75. The SMILES string of the molecule is COc1cc(-c2ncccc2NCc2cccc(N)c2)cc(OC)c1OC. The number of anilines is 2. The molecule has 3 N–H and O–H groups in total. The second-order valence-electron chi connectivity index (χ2n) is 5.91. The smallest absolute Gasteiger partial charge is 0.203 e. The lowest BCUT2D eigenvalue weighted by molar-refractivity contribution is 0.324. The van der Waals surface area contributed by atoms with Crippen molar-refractivity contribution >= 4 is 11.4 Å². The van der Waals surface area contributed by atoms with E-state index in [1.54, 1.807) is 27.5 Å². The molecule has 0 radical (unpaired) electrons. The van der Waals surface area contributed by atoms with Gasteiger partial charge in [-0.2, -0.15) is 0 Å². The Morgan fingerprint density at radius 2 is 1.67 bits per heavy atom. The highest BCUT2D eigenvalue weighted by atomic mass is 16.5. The predicted molar refractivity (Wildman–Crippen MR) is 108 cm³/mol. The van der Waals surface area contributed by atoms with Crippen molar-refractivity contribution in [1.82, 2.24) is 4.98 Å². The fourth-order valence-electron chi connectivity index (χ4n) is 2.90. The number of rotatable bonds is 7. The molecule has 2 aromatic carbocycles. The molecule has 0 spiro atoms.